The second-order valence-electron chi connectivity index (χ2n) is 10.6. The Labute approximate surface area is 250 Å². The number of ether oxygens (including phenoxy) is 2. The van der Waals surface area contributed by atoms with Crippen LogP contribution in [-0.4, -0.2) is 70.7 Å². The van der Waals surface area contributed by atoms with Crippen molar-refractivity contribution < 1.29 is 9.47 Å². The highest BCUT2D eigenvalue weighted by Gasteiger charge is 2.26. The molecule has 0 fully saturated rings. The lowest BCUT2D eigenvalue weighted by Crippen LogP contribution is -2.19. The van der Waals surface area contributed by atoms with Gasteiger partial charge in [-0.15, -0.1) is 0 Å². The van der Waals surface area contributed by atoms with E-state index in [4.69, 9.17) is 9.47 Å². The van der Waals surface area contributed by atoms with Crippen LogP contribution in [0.3, 0.4) is 0 Å². The highest BCUT2D eigenvalue weighted by molar-refractivity contribution is 8.03. The number of rotatable bonds is 20. The van der Waals surface area contributed by atoms with E-state index in [0.717, 1.165) is 72.1 Å². The summed E-state index contributed by atoms with van der Waals surface area (Å²) in [5.41, 5.74) is 2.45. The van der Waals surface area contributed by atoms with E-state index in [1.165, 1.54) is 34.1 Å². The molecule has 0 unspecified atom stereocenters. The molecule has 1 rings (SSSR count). The van der Waals surface area contributed by atoms with E-state index in [1.54, 1.807) is 0 Å². The molecule has 0 bridgehead atoms. The van der Waals surface area contributed by atoms with Gasteiger partial charge in [0.25, 0.3) is 0 Å². The van der Waals surface area contributed by atoms with Gasteiger partial charge in [-0.25, -0.2) is 0 Å². The number of thiol groups is 2. The summed E-state index contributed by atoms with van der Waals surface area (Å²) >= 11 is 16.6. The highest BCUT2D eigenvalue weighted by Crippen LogP contribution is 2.41. The molecule has 0 saturated heterocycles. The van der Waals surface area contributed by atoms with Crippen molar-refractivity contribution in [3.8, 4) is 11.5 Å². The molecule has 0 atom stereocenters. The van der Waals surface area contributed by atoms with Gasteiger partial charge in [0.1, 0.15) is 11.5 Å². The lowest BCUT2D eigenvalue weighted by molar-refractivity contribution is 0.295. The topological polar surface area (TPSA) is 18.5 Å². The fraction of sp³-hybridized carbons (Fsp3) is 0.786. The zero-order valence-corrected chi connectivity index (χ0v) is 28.5. The Balaban J connectivity index is 2.70. The second kappa shape index (κ2) is 19.9. The van der Waals surface area contributed by atoms with Gasteiger partial charge < -0.3 is 9.47 Å². The molecule has 36 heavy (non-hydrogen) atoms. The first-order chi connectivity index (χ1) is 17.1. The van der Waals surface area contributed by atoms with Crippen LogP contribution in [0, 0.1) is 0 Å². The van der Waals surface area contributed by atoms with E-state index in [-0.39, 0.29) is 10.8 Å². The van der Waals surface area contributed by atoms with Crippen molar-refractivity contribution in [2.75, 3.05) is 70.7 Å². The van der Waals surface area contributed by atoms with Gasteiger partial charge in [-0.3, -0.25) is 0 Å². The first-order valence-electron chi connectivity index (χ1n) is 13.1. The van der Waals surface area contributed by atoms with Gasteiger partial charge in [-0.2, -0.15) is 72.3 Å². The molecule has 0 N–H and O–H groups in total. The van der Waals surface area contributed by atoms with Gasteiger partial charge in [0.05, 0.1) is 13.2 Å². The zero-order valence-electron chi connectivity index (χ0n) is 23.4. The maximum atomic E-state index is 6.40. The van der Waals surface area contributed by atoms with E-state index in [0.29, 0.717) is 0 Å². The molecule has 2 nitrogen and oxygen atoms in total. The predicted octanol–water partition coefficient (Wildman–Crippen LogP) is 8.61. The average Bonchev–Trinajstić information content (AvgIpc) is 2.80. The van der Waals surface area contributed by atoms with Crippen LogP contribution in [0.15, 0.2) is 12.1 Å². The summed E-state index contributed by atoms with van der Waals surface area (Å²) < 4.78 is 12.8. The maximum Gasteiger partial charge on any atom is 0.123 e. The Morgan fingerprint density at radius 1 is 0.556 bits per heavy atom. The van der Waals surface area contributed by atoms with Gasteiger partial charge >= 0.3 is 0 Å². The molecule has 210 valence electrons. The molecule has 0 aromatic heterocycles. The number of hydrogen-bond acceptors (Lipinski definition) is 8. The third-order valence-corrected chi connectivity index (χ3v) is 11.0. The molecular weight excluding hydrogens is 561 g/mol. The SMILES string of the molecule is CC(C)(C)c1cc(OCCCSCCSCCS)c(C(C)(C)C)cc1OCCCSCCSCCS. The molecule has 1 aromatic carbocycles. The summed E-state index contributed by atoms with van der Waals surface area (Å²) in [5.74, 6) is 13.4. The summed E-state index contributed by atoms with van der Waals surface area (Å²) in [6.07, 6.45) is 2.14. The molecule has 8 heteroatoms. The van der Waals surface area contributed by atoms with E-state index in [2.05, 4.69) is 78.9 Å². The Bertz CT molecular complexity index is 641. The van der Waals surface area contributed by atoms with Crippen LogP contribution in [0.5, 0.6) is 11.5 Å². The Hall–Kier alpha value is 0.920. The third-order valence-electron chi connectivity index (χ3n) is 5.29. The van der Waals surface area contributed by atoms with E-state index in [9.17, 15) is 0 Å². The van der Waals surface area contributed by atoms with E-state index >= 15 is 0 Å². The largest absolute Gasteiger partial charge is 0.493 e. The van der Waals surface area contributed by atoms with Crippen LogP contribution in [0.4, 0.5) is 0 Å². The molecule has 0 amide bonds. The number of benzene rings is 1. The van der Waals surface area contributed by atoms with Crippen molar-refractivity contribution in [1.82, 2.24) is 0 Å². The highest BCUT2D eigenvalue weighted by atomic mass is 32.2. The first kappa shape index (κ1) is 34.9. The van der Waals surface area contributed by atoms with Crippen molar-refractivity contribution in [3.63, 3.8) is 0 Å². The quantitative estimate of drug-likeness (QED) is 0.113. The molecule has 0 aliphatic carbocycles. The fourth-order valence-electron chi connectivity index (χ4n) is 3.43. The smallest absolute Gasteiger partial charge is 0.123 e. The van der Waals surface area contributed by atoms with Crippen LogP contribution < -0.4 is 9.47 Å². The third kappa shape index (κ3) is 15.5. The van der Waals surface area contributed by atoms with Crippen LogP contribution >= 0.6 is 72.3 Å². The Morgan fingerprint density at radius 3 is 1.19 bits per heavy atom. The predicted molar refractivity (Wildman–Crippen MR) is 181 cm³/mol. The fourth-order valence-corrected chi connectivity index (χ4v) is 7.81. The molecule has 1 aromatic rings. The van der Waals surface area contributed by atoms with Crippen LogP contribution in [-0.2, 0) is 10.8 Å². The Morgan fingerprint density at radius 2 is 0.889 bits per heavy atom. The molecule has 0 saturated carbocycles. The van der Waals surface area contributed by atoms with Crippen molar-refractivity contribution in [2.45, 2.75) is 65.2 Å². The summed E-state index contributed by atoms with van der Waals surface area (Å²) in [7, 11) is 0. The van der Waals surface area contributed by atoms with Crippen molar-refractivity contribution >= 4 is 72.3 Å². The average molecular weight is 611 g/mol. The zero-order chi connectivity index (χ0) is 26.9. The standard InChI is InChI=1S/C28H50O2S6/c1-27(2,3)23-21-26(30-10-8-14-34-18-20-36-16-12-32)24(28(4,5)6)22-25(23)29-9-7-13-33-17-19-35-15-11-31/h21-22,31-32H,7-20H2,1-6H3. The van der Waals surface area contributed by atoms with Crippen LogP contribution in [0.25, 0.3) is 0 Å². The summed E-state index contributed by atoms with van der Waals surface area (Å²) in [6.45, 7) is 15.1. The molecule has 0 aliphatic rings. The van der Waals surface area contributed by atoms with Crippen molar-refractivity contribution in [3.05, 3.63) is 23.3 Å². The summed E-state index contributed by atoms with van der Waals surface area (Å²) in [6, 6.07) is 4.51. The molecule has 0 aliphatic heterocycles. The number of thioether (sulfide) groups is 4. The van der Waals surface area contributed by atoms with Crippen LogP contribution in [0.2, 0.25) is 0 Å². The minimum atomic E-state index is -0.0106. The Kier molecular flexibility index (Phi) is 19.3. The van der Waals surface area contributed by atoms with Gasteiger partial charge in [-0.05, 0) is 58.8 Å². The van der Waals surface area contributed by atoms with Crippen molar-refractivity contribution in [1.29, 1.82) is 0 Å². The number of hydrogen-bond donors (Lipinski definition) is 2. The summed E-state index contributed by atoms with van der Waals surface area (Å²) in [5, 5.41) is 0. The van der Waals surface area contributed by atoms with Crippen LogP contribution in [0.1, 0.15) is 65.5 Å². The molecule has 0 radical (unpaired) electrons. The minimum Gasteiger partial charge on any atom is -0.493 e. The molecular formula is C28H50O2S6. The first-order valence-corrected chi connectivity index (χ1v) is 19.0. The molecule has 0 heterocycles. The van der Waals surface area contributed by atoms with Gasteiger partial charge in [0.15, 0.2) is 0 Å². The normalized spacial score (nSPS) is 12.2. The second-order valence-corrected chi connectivity index (χ2v) is 16.4. The molecule has 0 spiro atoms. The summed E-state index contributed by atoms with van der Waals surface area (Å²) in [4.78, 5) is 0. The van der Waals surface area contributed by atoms with Gasteiger partial charge in [0, 0.05) is 45.6 Å². The lowest BCUT2D eigenvalue weighted by Gasteiger charge is -2.29. The van der Waals surface area contributed by atoms with Gasteiger partial charge in [0.2, 0.25) is 0 Å². The maximum absolute atomic E-state index is 6.40. The van der Waals surface area contributed by atoms with E-state index < -0.39 is 0 Å². The minimum absolute atomic E-state index is 0.0106. The monoisotopic (exact) mass is 610 g/mol. The van der Waals surface area contributed by atoms with Crippen molar-refractivity contribution in [2.24, 2.45) is 0 Å². The van der Waals surface area contributed by atoms with E-state index in [1.807, 2.05) is 47.0 Å². The lowest BCUT2D eigenvalue weighted by atomic mass is 9.81. The van der Waals surface area contributed by atoms with Gasteiger partial charge in [-0.1, -0.05) is 41.5 Å².